The fraction of sp³-hybridized carbons (Fsp3) is 0.587. The van der Waals surface area contributed by atoms with Crippen molar-refractivity contribution in [3.8, 4) is 23.0 Å². The Balaban J connectivity index is 1.35. The molecule has 0 radical (unpaired) electrons. The van der Waals surface area contributed by atoms with Gasteiger partial charge in [-0.15, -0.1) is 0 Å². The maximum absolute atomic E-state index is 14.1. The highest BCUT2D eigenvalue weighted by Crippen LogP contribution is 2.41. The summed E-state index contributed by atoms with van der Waals surface area (Å²) in [5.41, 5.74) is 9.22. The third-order valence-corrected chi connectivity index (χ3v) is 21.8. The van der Waals surface area contributed by atoms with E-state index in [2.05, 4.69) is 86.2 Å². The summed E-state index contributed by atoms with van der Waals surface area (Å²) in [6.45, 7) is 32.4. The van der Waals surface area contributed by atoms with Gasteiger partial charge in [0.15, 0.2) is 39.6 Å². The Hall–Kier alpha value is -4.52. The minimum atomic E-state index is -2.09. The Bertz CT molecular complexity index is 1970. The molecule has 0 saturated carbocycles. The standard InChI is InChI=1S/C46H72N4O10Si2/c1-30-20-32(28-59-61(11,12)45(3,4)5)49(26-30)42(51)34-22-38(55-9)40(24-36(34)47)57-18-16-15-17-19-58-41-25-37(48-44(53)54)35(23-39(41)56-10)43(52)50-27-31(2)21-33(50)29-60-62(13,14)46(6,7)8/h22-25,32-33,48H,1-2,15-21,26-29,47H2,3-14H3,(H,53,54). The van der Waals surface area contributed by atoms with Crippen LogP contribution in [0.15, 0.2) is 48.6 Å². The van der Waals surface area contributed by atoms with Crippen LogP contribution in [0.3, 0.4) is 0 Å². The van der Waals surface area contributed by atoms with Crippen LogP contribution in [-0.4, -0.2) is 115 Å². The van der Waals surface area contributed by atoms with Crippen LogP contribution in [0.5, 0.6) is 23.0 Å². The Morgan fingerprint density at radius 2 is 1.13 bits per heavy atom. The minimum absolute atomic E-state index is 0.00379. The second-order valence-electron chi connectivity index (χ2n) is 19.6. The van der Waals surface area contributed by atoms with Crippen molar-refractivity contribution in [1.29, 1.82) is 0 Å². The Morgan fingerprint density at radius 3 is 1.55 bits per heavy atom. The monoisotopic (exact) mass is 896 g/mol. The molecule has 2 saturated heterocycles. The number of unbranched alkanes of at least 4 members (excludes halogenated alkanes) is 2. The molecule has 2 fully saturated rings. The summed E-state index contributed by atoms with van der Waals surface area (Å²) in [7, 11) is -1.11. The van der Waals surface area contributed by atoms with E-state index in [0.29, 0.717) is 99.4 Å². The molecule has 2 aromatic rings. The summed E-state index contributed by atoms with van der Waals surface area (Å²) in [6, 6.07) is 5.92. The van der Waals surface area contributed by atoms with E-state index in [1.807, 2.05) is 0 Å². The molecule has 0 spiro atoms. The van der Waals surface area contributed by atoms with Crippen LogP contribution in [0.2, 0.25) is 36.3 Å². The Kier molecular flexibility index (Phi) is 16.4. The number of nitrogen functional groups attached to an aromatic ring is 1. The first-order chi connectivity index (χ1) is 28.8. The van der Waals surface area contributed by atoms with Gasteiger partial charge in [-0.3, -0.25) is 14.9 Å². The third kappa shape index (κ3) is 12.3. The van der Waals surface area contributed by atoms with E-state index >= 15 is 0 Å². The van der Waals surface area contributed by atoms with Gasteiger partial charge in [0, 0.05) is 30.9 Å². The van der Waals surface area contributed by atoms with Gasteiger partial charge in [0.1, 0.15) is 0 Å². The number of methoxy groups -OCH3 is 2. The summed E-state index contributed by atoms with van der Waals surface area (Å²) in [5, 5.41) is 12.1. The summed E-state index contributed by atoms with van der Waals surface area (Å²) >= 11 is 0. The van der Waals surface area contributed by atoms with Gasteiger partial charge in [-0.25, -0.2) is 4.79 Å². The molecule has 4 rings (SSSR count). The molecule has 2 aromatic carbocycles. The Labute approximate surface area is 371 Å². The number of carbonyl (C=O) groups is 3. The zero-order chi connectivity index (χ0) is 46.4. The molecule has 2 aliphatic rings. The maximum atomic E-state index is 14.1. The molecular weight excluding hydrogens is 825 g/mol. The lowest BCUT2D eigenvalue weighted by molar-refractivity contribution is 0.0680. The van der Waals surface area contributed by atoms with Gasteiger partial charge in [-0.1, -0.05) is 65.8 Å². The lowest BCUT2D eigenvalue weighted by Gasteiger charge is -2.38. The van der Waals surface area contributed by atoms with Gasteiger partial charge in [-0.2, -0.15) is 0 Å². The van der Waals surface area contributed by atoms with Crippen LogP contribution in [0.4, 0.5) is 16.2 Å². The zero-order valence-electron chi connectivity index (χ0n) is 39.2. The maximum Gasteiger partial charge on any atom is 0.409 e. The van der Waals surface area contributed by atoms with Crippen molar-refractivity contribution in [1.82, 2.24) is 9.80 Å². The average molecular weight is 897 g/mol. The van der Waals surface area contributed by atoms with E-state index in [-0.39, 0.29) is 45.2 Å². The zero-order valence-corrected chi connectivity index (χ0v) is 41.2. The molecule has 62 heavy (non-hydrogen) atoms. The number of anilines is 2. The van der Waals surface area contributed by atoms with Crippen molar-refractivity contribution < 1.29 is 47.3 Å². The number of nitrogens with zero attached hydrogens (tertiary/aromatic N) is 2. The second-order valence-corrected chi connectivity index (χ2v) is 29.2. The lowest BCUT2D eigenvalue weighted by Crippen LogP contribution is -2.46. The van der Waals surface area contributed by atoms with E-state index in [9.17, 15) is 19.5 Å². The van der Waals surface area contributed by atoms with E-state index in [4.69, 9.17) is 33.5 Å². The van der Waals surface area contributed by atoms with Crippen LogP contribution in [0.25, 0.3) is 0 Å². The number of carboxylic acid groups (broad SMARTS) is 1. The van der Waals surface area contributed by atoms with Crippen LogP contribution >= 0.6 is 0 Å². The molecule has 2 atom stereocenters. The van der Waals surface area contributed by atoms with Gasteiger partial charge in [0.2, 0.25) is 0 Å². The number of likely N-dealkylation sites (tertiary alicyclic amines) is 2. The molecule has 0 aliphatic carbocycles. The predicted octanol–water partition coefficient (Wildman–Crippen LogP) is 9.59. The van der Waals surface area contributed by atoms with Gasteiger partial charge in [-0.05, 0) is 80.5 Å². The molecule has 16 heteroatoms. The van der Waals surface area contributed by atoms with Crippen LogP contribution < -0.4 is 30.0 Å². The van der Waals surface area contributed by atoms with Crippen molar-refractivity contribution >= 4 is 45.9 Å². The van der Waals surface area contributed by atoms with Crippen molar-refractivity contribution in [2.24, 2.45) is 0 Å². The van der Waals surface area contributed by atoms with Crippen molar-refractivity contribution in [3.63, 3.8) is 0 Å². The highest BCUT2D eigenvalue weighted by molar-refractivity contribution is 6.74. The van der Waals surface area contributed by atoms with Crippen molar-refractivity contribution in [2.45, 2.75) is 122 Å². The number of benzene rings is 2. The fourth-order valence-electron chi connectivity index (χ4n) is 6.89. The van der Waals surface area contributed by atoms with Crippen molar-refractivity contribution in [3.05, 3.63) is 59.7 Å². The number of hydrogen-bond acceptors (Lipinski definition) is 10. The minimum Gasteiger partial charge on any atom is -0.493 e. The number of nitrogens with two attached hydrogens (primary N) is 1. The number of carbonyl (C=O) groups excluding carboxylic acids is 2. The Morgan fingerprint density at radius 1 is 0.710 bits per heavy atom. The first kappa shape index (κ1) is 50.1. The molecule has 3 amide bonds. The summed E-state index contributed by atoms with van der Waals surface area (Å²) < 4.78 is 36.4. The highest BCUT2D eigenvalue weighted by Gasteiger charge is 2.42. The van der Waals surface area contributed by atoms with E-state index in [0.717, 1.165) is 17.6 Å². The topological polar surface area (TPSA) is 171 Å². The SMILES string of the molecule is C=C1CC(CO[Si](C)(C)C(C)(C)C)N(C(=O)c2cc(OC)c(OCCCCCOc3cc(NC(=O)O)c(C(=O)N4CC(=C)CC4CO[Si](C)(C)C(C)(C)C)cc3OC)cc2N)C1. The summed E-state index contributed by atoms with van der Waals surface area (Å²) in [5.74, 6) is 0.892. The third-order valence-electron chi connectivity index (χ3n) is 12.8. The van der Waals surface area contributed by atoms with E-state index < -0.39 is 22.7 Å². The quantitative estimate of drug-likeness (QED) is 0.0531. The average Bonchev–Trinajstić information content (AvgIpc) is 3.75. The highest BCUT2D eigenvalue weighted by atomic mass is 28.4. The molecule has 0 aromatic heterocycles. The van der Waals surface area contributed by atoms with Crippen molar-refractivity contribution in [2.75, 3.05) is 64.8 Å². The molecule has 344 valence electrons. The van der Waals surface area contributed by atoms with Gasteiger partial charge in [0.25, 0.3) is 11.8 Å². The first-order valence-electron chi connectivity index (χ1n) is 21.5. The van der Waals surface area contributed by atoms with Crippen LogP contribution in [0.1, 0.15) is 94.4 Å². The molecule has 14 nitrogen and oxygen atoms in total. The van der Waals surface area contributed by atoms with E-state index in [1.165, 1.54) is 26.4 Å². The predicted molar refractivity (Wildman–Crippen MR) is 250 cm³/mol. The molecule has 2 unspecified atom stereocenters. The summed E-state index contributed by atoms with van der Waals surface area (Å²) in [6.07, 6.45) is 2.03. The number of rotatable bonds is 19. The number of ether oxygens (including phenoxy) is 4. The normalized spacial score (nSPS) is 17.4. The molecular formula is C46H72N4O10Si2. The second kappa shape index (κ2) is 20.3. The number of nitrogens with one attached hydrogen (secondary N) is 1. The van der Waals surface area contributed by atoms with Gasteiger partial charge >= 0.3 is 6.09 Å². The lowest BCUT2D eigenvalue weighted by atomic mass is 10.1. The summed E-state index contributed by atoms with van der Waals surface area (Å²) in [4.78, 5) is 43.4. The smallest absolute Gasteiger partial charge is 0.409 e. The molecule has 0 bridgehead atoms. The van der Waals surface area contributed by atoms with Gasteiger partial charge < -0.3 is 48.4 Å². The number of amides is 3. The van der Waals surface area contributed by atoms with Gasteiger partial charge in [0.05, 0.1) is 69.5 Å². The number of hydrogen-bond donors (Lipinski definition) is 3. The fourth-order valence-corrected chi connectivity index (χ4v) is 8.97. The first-order valence-corrected chi connectivity index (χ1v) is 27.3. The van der Waals surface area contributed by atoms with Crippen LogP contribution in [-0.2, 0) is 8.85 Å². The van der Waals surface area contributed by atoms with E-state index in [1.54, 1.807) is 21.9 Å². The van der Waals surface area contributed by atoms with Crippen LogP contribution in [0, 0.1) is 0 Å². The molecule has 2 aliphatic heterocycles. The molecule has 4 N–H and O–H groups in total. The largest absolute Gasteiger partial charge is 0.493 e. The molecule has 2 heterocycles.